The summed E-state index contributed by atoms with van der Waals surface area (Å²) < 4.78 is 0. The average molecular weight is 341 g/mol. The van der Waals surface area contributed by atoms with E-state index in [4.69, 9.17) is 0 Å². The Labute approximate surface area is 149 Å². The van der Waals surface area contributed by atoms with E-state index < -0.39 is 6.10 Å². The fourth-order valence-corrected chi connectivity index (χ4v) is 2.55. The molecule has 0 spiro atoms. The van der Waals surface area contributed by atoms with E-state index in [-0.39, 0.29) is 30.0 Å². The SMILES string of the molecule is Cc1ccc(CC(=O)NCC(O)c2ccc(C(C)(C)C)cc2)cc1O. The first-order valence-corrected chi connectivity index (χ1v) is 8.50. The summed E-state index contributed by atoms with van der Waals surface area (Å²) in [7, 11) is 0. The number of aryl methyl sites for hydroxylation is 1. The molecule has 0 bridgehead atoms. The van der Waals surface area contributed by atoms with Crippen LogP contribution in [0.15, 0.2) is 42.5 Å². The van der Waals surface area contributed by atoms with Crippen LogP contribution >= 0.6 is 0 Å². The minimum absolute atomic E-state index is 0.0668. The molecule has 0 saturated heterocycles. The van der Waals surface area contributed by atoms with Gasteiger partial charge in [0.15, 0.2) is 0 Å². The van der Waals surface area contributed by atoms with Crippen molar-refractivity contribution in [3.8, 4) is 5.75 Å². The molecule has 0 aliphatic carbocycles. The summed E-state index contributed by atoms with van der Waals surface area (Å²) in [6.45, 7) is 8.39. The second kappa shape index (κ2) is 7.70. The number of aliphatic hydroxyl groups is 1. The minimum Gasteiger partial charge on any atom is -0.508 e. The lowest BCUT2D eigenvalue weighted by Crippen LogP contribution is -2.29. The molecule has 1 atom stereocenters. The molecule has 1 amide bonds. The Kier molecular flexibility index (Phi) is 5.85. The van der Waals surface area contributed by atoms with E-state index in [9.17, 15) is 15.0 Å². The van der Waals surface area contributed by atoms with Gasteiger partial charge in [0.05, 0.1) is 12.5 Å². The van der Waals surface area contributed by atoms with Crippen LogP contribution in [0.2, 0.25) is 0 Å². The molecule has 25 heavy (non-hydrogen) atoms. The first kappa shape index (κ1) is 19.0. The van der Waals surface area contributed by atoms with Crippen molar-refractivity contribution in [2.45, 2.75) is 45.6 Å². The molecule has 0 fully saturated rings. The molecule has 1 unspecified atom stereocenters. The third-order valence-electron chi connectivity index (χ3n) is 4.29. The molecule has 0 radical (unpaired) electrons. The van der Waals surface area contributed by atoms with Gasteiger partial charge in [-0.15, -0.1) is 0 Å². The predicted molar refractivity (Wildman–Crippen MR) is 99.7 cm³/mol. The fourth-order valence-electron chi connectivity index (χ4n) is 2.55. The van der Waals surface area contributed by atoms with Crippen molar-refractivity contribution in [2.24, 2.45) is 0 Å². The highest BCUT2D eigenvalue weighted by Gasteiger charge is 2.15. The van der Waals surface area contributed by atoms with Gasteiger partial charge in [-0.25, -0.2) is 0 Å². The lowest BCUT2D eigenvalue weighted by Gasteiger charge is -2.20. The summed E-state index contributed by atoms with van der Waals surface area (Å²) in [5.74, 6) is -0.00196. The van der Waals surface area contributed by atoms with Gasteiger partial charge in [0.1, 0.15) is 5.75 Å². The van der Waals surface area contributed by atoms with Crippen LogP contribution in [-0.2, 0) is 16.6 Å². The van der Waals surface area contributed by atoms with E-state index in [1.807, 2.05) is 30.3 Å². The molecular formula is C21H27NO3. The van der Waals surface area contributed by atoms with Crippen LogP contribution in [-0.4, -0.2) is 22.7 Å². The van der Waals surface area contributed by atoms with E-state index in [2.05, 4.69) is 26.1 Å². The molecule has 0 aliphatic rings. The van der Waals surface area contributed by atoms with E-state index in [1.165, 1.54) is 5.56 Å². The van der Waals surface area contributed by atoms with Gasteiger partial charge in [-0.05, 0) is 40.7 Å². The average Bonchev–Trinajstić information content (AvgIpc) is 2.55. The number of amides is 1. The summed E-state index contributed by atoms with van der Waals surface area (Å²) in [4.78, 5) is 12.0. The van der Waals surface area contributed by atoms with Crippen molar-refractivity contribution in [1.82, 2.24) is 5.32 Å². The maximum atomic E-state index is 12.0. The molecule has 4 heteroatoms. The molecule has 0 heterocycles. The second-order valence-corrected chi connectivity index (χ2v) is 7.49. The number of aromatic hydroxyl groups is 1. The standard InChI is InChI=1S/C21H27NO3/c1-14-5-6-15(11-18(14)23)12-20(25)22-13-19(24)16-7-9-17(10-8-16)21(2,3)4/h5-11,19,23-24H,12-13H2,1-4H3,(H,22,25). The molecule has 2 rings (SSSR count). The van der Waals surface area contributed by atoms with Gasteiger partial charge in [0, 0.05) is 6.54 Å². The van der Waals surface area contributed by atoms with Crippen LogP contribution in [0.5, 0.6) is 5.75 Å². The number of rotatable bonds is 5. The maximum Gasteiger partial charge on any atom is 0.224 e. The third kappa shape index (κ3) is 5.33. The number of phenols is 1. The van der Waals surface area contributed by atoms with Gasteiger partial charge in [-0.2, -0.15) is 0 Å². The second-order valence-electron chi connectivity index (χ2n) is 7.49. The lowest BCUT2D eigenvalue weighted by atomic mass is 9.86. The zero-order valence-corrected chi connectivity index (χ0v) is 15.3. The molecule has 4 nitrogen and oxygen atoms in total. The highest BCUT2D eigenvalue weighted by atomic mass is 16.3. The van der Waals surface area contributed by atoms with Crippen molar-refractivity contribution in [3.05, 3.63) is 64.7 Å². The minimum atomic E-state index is -0.746. The number of hydrogen-bond donors (Lipinski definition) is 3. The number of phenolic OH excluding ortho intramolecular Hbond substituents is 1. The summed E-state index contributed by atoms with van der Waals surface area (Å²) in [6, 6.07) is 13.0. The lowest BCUT2D eigenvalue weighted by molar-refractivity contribution is -0.120. The van der Waals surface area contributed by atoms with Gasteiger partial charge in [-0.3, -0.25) is 4.79 Å². The molecule has 0 aliphatic heterocycles. The molecule has 0 saturated carbocycles. The van der Waals surface area contributed by atoms with Gasteiger partial charge >= 0.3 is 0 Å². The maximum absolute atomic E-state index is 12.0. The number of nitrogens with one attached hydrogen (secondary N) is 1. The number of benzene rings is 2. The Morgan fingerprint density at radius 1 is 1.12 bits per heavy atom. The zero-order chi connectivity index (χ0) is 18.6. The fraction of sp³-hybridized carbons (Fsp3) is 0.381. The Bertz CT molecular complexity index is 730. The highest BCUT2D eigenvalue weighted by molar-refractivity contribution is 5.78. The Morgan fingerprint density at radius 3 is 2.32 bits per heavy atom. The highest BCUT2D eigenvalue weighted by Crippen LogP contribution is 2.24. The Morgan fingerprint density at radius 2 is 1.76 bits per heavy atom. The van der Waals surface area contributed by atoms with Crippen molar-refractivity contribution in [1.29, 1.82) is 0 Å². The molecule has 3 N–H and O–H groups in total. The van der Waals surface area contributed by atoms with Crippen LogP contribution in [0.3, 0.4) is 0 Å². The smallest absolute Gasteiger partial charge is 0.224 e. The predicted octanol–water partition coefficient (Wildman–Crippen LogP) is 3.39. The topological polar surface area (TPSA) is 69.6 Å². The first-order chi connectivity index (χ1) is 11.7. The van der Waals surface area contributed by atoms with Crippen LogP contribution in [0.25, 0.3) is 0 Å². The number of hydrogen-bond acceptors (Lipinski definition) is 3. The first-order valence-electron chi connectivity index (χ1n) is 8.50. The van der Waals surface area contributed by atoms with Gasteiger partial charge in [0.2, 0.25) is 5.91 Å². The largest absolute Gasteiger partial charge is 0.508 e. The molecule has 0 aromatic heterocycles. The quantitative estimate of drug-likeness (QED) is 0.781. The van der Waals surface area contributed by atoms with Crippen molar-refractivity contribution in [3.63, 3.8) is 0 Å². The van der Waals surface area contributed by atoms with Gasteiger partial charge in [-0.1, -0.05) is 57.2 Å². The summed E-state index contributed by atoms with van der Waals surface area (Å²) in [6.07, 6.45) is -0.576. The number of aliphatic hydroxyl groups excluding tert-OH is 1. The van der Waals surface area contributed by atoms with Gasteiger partial charge in [0.25, 0.3) is 0 Å². The molecule has 2 aromatic carbocycles. The van der Waals surface area contributed by atoms with E-state index in [1.54, 1.807) is 19.1 Å². The van der Waals surface area contributed by atoms with Crippen LogP contribution in [0.1, 0.15) is 49.1 Å². The normalized spacial score (nSPS) is 12.7. The van der Waals surface area contributed by atoms with E-state index in [0.29, 0.717) is 0 Å². The van der Waals surface area contributed by atoms with Crippen molar-refractivity contribution in [2.75, 3.05) is 6.54 Å². The third-order valence-corrected chi connectivity index (χ3v) is 4.29. The Hall–Kier alpha value is -2.33. The van der Waals surface area contributed by atoms with E-state index in [0.717, 1.165) is 16.7 Å². The number of carbonyl (C=O) groups excluding carboxylic acids is 1. The van der Waals surface area contributed by atoms with Gasteiger partial charge < -0.3 is 15.5 Å². The van der Waals surface area contributed by atoms with Crippen molar-refractivity contribution >= 4 is 5.91 Å². The molecular weight excluding hydrogens is 314 g/mol. The monoisotopic (exact) mass is 341 g/mol. The van der Waals surface area contributed by atoms with Crippen LogP contribution in [0, 0.1) is 6.92 Å². The van der Waals surface area contributed by atoms with E-state index >= 15 is 0 Å². The molecule has 134 valence electrons. The summed E-state index contributed by atoms with van der Waals surface area (Å²) in [5.41, 5.74) is 3.56. The summed E-state index contributed by atoms with van der Waals surface area (Å²) in [5, 5.41) is 22.7. The molecule has 2 aromatic rings. The summed E-state index contributed by atoms with van der Waals surface area (Å²) >= 11 is 0. The van der Waals surface area contributed by atoms with Crippen LogP contribution in [0.4, 0.5) is 0 Å². The Balaban J connectivity index is 1.89. The van der Waals surface area contributed by atoms with Crippen molar-refractivity contribution < 1.29 is 15.0 Å². The van der Waals surface area contributed by atoms with Crippen LogP contribution < -0.4 is 5.32 Å². The zero-order valence-electron chi connectivity index (χ0n) is 15.3. The number of carbonyl (C=O) groups is 1.